The molecule has 3 rings (SSSR count). The highest BCUT2D eigenvalue weighted by molar-refractivity contribution is 5.95. The van der Waals surface area contributed by atoms with E-state index in [9.17, 15) is 9.59 Å². The number of carbonyl (C=O) groups is 2. The van der Waals surface area contributed by atoms with Crippen molar-refractivity contribution in [1.82, 2.24) is 10.2 Å². The molecule has 0 atom stereocenters. The lowest BCUT2D eigenvalue weighted by atomic mass is 10.1. The van der Waals surface area contributed by atoms with Crippen molar-refractivity contribution in [2.24, 2.45) is 0 Å². The summed E-state index contributed by atoms with van der Waals surface area (Å²) in [6, 6.07) is 15.8. The Hall–Kier alpha value is -2.82. The number of Topliss-reactive ketones (excluding diaryl/α,β-unsaturated/α-hetero) is 1. The second kappa shape index (κ2) is 8.04. The highest BCUT2D eigenvalue weighted by Crippen LogP contribution is 2.18. The highest BCUT2D eigenvalue weighted by Gasteiger charge is 2.21. The van der Waals surface area contributed by atoms with Crippen LogP contribution in [0.1, 0.15) is 28.4 Å². The van der Waals surface area contributed by atoms with E-state index in [2.05, 4.69) is 16.3 Å². The third kappa shape index (κ3) is 4.42. The zero-order chi connectivity index (χ0) is 18.5. The van der Waals surface area contributed by atoms with Gasteiger partial charge in [0, 0.05) is 44.0 Å². The largest absolute Gasteiger partial charge is 0.368 e. The van der Waals surface area contributed by atoms with E-state index in [4.69, 9.17) is 0 Å². The Bertz CT molecular complexity index is 795. The Morgan fingerprint density at radius 2 is 1.73 bits per heavy atom. The second-order valence-corrected chi connectivity index (χ2v) is 6.73. The Balaban J connectivity index is 1.52. The van der Waals surface area contributed by atoms with Crippen LogP contribution in [0.25, 0.3) is 0 Å². The molecular weight excluding hydrogens is 326 g/mol. The number of carbonyl (C=O) groups excluding carboxylic acids is 2. The minimum absolute atomic E-state index is 0.0244. The van der Waals surface area contributed by atoms with Crippen LogP contribution in [0.3, 0.4) is 0 Å². The second-order valence-electron chi connectivity index (χ2n) is 6.73. The first-order valence-electron chi connectivity index (χ1n) is 8.97. The number of hydrogen-bond donors (Lipinski definition) is 1. The summed E-state index contributed by atoms with van der Waals surface area (Å²) >= 11 is 0. The number of benzene rings is 2. The summed E-state index contributed by atoms with van der Waals surface area (Å²) in [4.78, 5) is 28.0. The number of nitrogens with one attached hydrogen (secondary N) is 1. The highest BCUT2D eigenvalue weighted by atomic mass is 16.2. The first-order valence-corrected chi connectivity index (χ1v) is 8.97. The molecule has 5 heteroatoms. The zero-order valence-corrected chi connectivity index (χ0v) is 15.4. The standard InChI is InChI=1S/C21H25N3O2/c1-16-5-3-6-18(13-16)15-22-21(26)24-11-9-23(10-12-24)20-8-4-7-19(14-20)17(2)25/h3-8,13-14H,9-12,15H2,1-2H3,(H,22,26). The minimum atomic E-state index is -0.0244. The lowest BCUT2D eigenvalue weighted by Crippen LogP contribution is -2.51. The van der Waals surface area contributed by atoms with Crippen LogP contribution in [0.5, 0.6) is 0 Å². The van der Waals surface area contributed by atoms with E-state index >= 15 is 0 Å². The van der Waals surface area contributed by atoms with E-state index in [0.29, 0.717) is 19.6 Å². The summed E-state index contributed by atoms with van der Waals surface area (Å²) in [5.41, 5.74) is 4.06. The molecule has 0 spiro atoms. The Labute approximate surface area is 154 Å². The van der Waals surface area contributed by atoms with Gasteiger partial charge in [-0.1, -0.05) is 42.0 Å². The number of amides is 2. The molecule has 1 fully saturated rings. The lowest BCUT2D eigenvalue weighted by Gasteiger charge is -2.36. The number of rotatable bonds is 4. The number of anilines is 1. The summed E-state index contributed by atoms with van der Waals surface area (Å²) in [6.45, 7) is 7.04. The molecule has 1 saturated heterocycles. The normalized spacial score (nSPS) is 14.2. The molecule has 0 radical (unpaired) electrons. The van der Waals surface area contributed by atoms with Crippen molar-refractivity contribution in [2.75, 3.05) is 31.1 Å². The van der Waals surface area contributed by atoms with E-state index in [0.717, 1.165) is 29.9 Å². The fraction of sp³-hybridized carbons (Fsp3) is 0.333. The molecule has 0 aliphatic carbocycles. The smallest absolute Gasteiger partial charge is 0.317 e. The fourth-order valence-corrected chi connectivity index (χ4v) is 3.20. The van der Waals surface area contributed by atoms with E-state index < -0.39 is 0 Å². The van der Waals surface area contributed by atoms with Crippen LogP contribution in [0.2, 0.25) is 0 Å². The number of urea groups is 1. The average Bonchev–Trinajstić information content (AvgIpc) is 2.66. The van der Waals surface area contributed by atoms with Crippen LogP contribution in [-0.2, 0) is 6.54 Å². The molecule has 136 valence electrons. The van der Waals surface area contributed by atoms with Crippen LogP contribution in [0, 0.1) is 6.92 Å². The van der Waals surface area contributed by atoms with Gasteiger partial charge in [-0.2, -0.15) is 0 Å². The lowest BCUT2D eigenvalue weighted by molar-refractivity contribution is 0.101. The Morgan fingerprint density at radius 3 is 2.42 bits per heavy atom. The van der Waals surface area contributed by atoms with Crippen molar-refractivity contribution in [3.05, 3.63) is 65.2 Å². The van der Waals surface area contributed by atoms with Gasteiger partial charge in [0.2, 0.25) is 0 Å². The molecule has 0 aromatic heterocycles. The quantitative estimate of drug-likeness (QED) is 0.861. The summed E-state index contributed by atoms with van der Waals surface area (Å²) in [5, 5.41) is 3.00. The molecular formula is C21H25N3O2. The maximum atomic E-state index is 12.4. The molecule has 2 amide bonds. The fourth-order valence-electron chi connectivity index (χ4n) is 3.20. The van der Waals surface area contributed by atoms with Gasteiger partial charge in [0.15, 0.2) is 5.78 Å². The number of ketones is 1. The summed E-state index contributed by atoms with van der Waals surface area (Å²) in [6.07, 6.45) is 0. The van der Waals surface area contributed by atoms with Gasteiger partial charge in [-0.15, -0.1) is 0 Å². The van der Waals surface area contributed by atoms with Gasteiger partial charge in [0.25, 0.3) is 0 Å². The van der Waals surface area contributed by atoms with E-state index in [1.807, 2.05) is 54.3 Å². The molecule has 0 saturated carbocycles. The molecule has 0 bridgehead atoms. The van der Waals surface area contributed by atoms with Crippen molar-refractivity contribution in [2.45, 2.75) is 20.4 Å². The van der Waals surface area contributed by atoms with E-state index in [1.54, 1.807) is 6.92 Å². The molecule has 1 N–H and O–H groups in total. The SMILES string of the molecule is CC(=O)c1cccc(N2CCN(C(=O)NCc3cccc(C)c3)CC2)c1. The molecule has 0 unspecified atom stereocenters. The predicted octanol–water partition coefficient (Wildman–Crippen LogP) is 3.23. The van der Waals surface area contributed by atoms with Gasteiger partial charge in [-0.05, 0) is 31.5 Å². The Morgan fingerprint density at radius 1 is 1.00 bits per heavy atom. The van der Waals surface area contributed by atoms with Gasteiger partial charge in [-0.3, -0.25) is 4.79 Å². The van der Waals surface area contributed by atoms with Crippen molar-refractivity contribution in [1.29, 1.82) is 0 Å². The number of nitrogens with zero attached hydrogens (tertiary/aromatic N) is 2. The third-order valence-corrected chi connectivity index (χ3v) is 4.71. The van der Waals surface area contributed by atoms with Crippen LogP contribution in [0.4, 0.5) is 10.5 Å². The van der Waals surface area contributed by atoms with Crippen LogP contribution in [-0.4, -0.2) is 42.9 Å². The molecule has 1 heterocycles. The monoisotopic (exact) mass is 351 g/mol. The molecule has 26 heavy (non-hydrogen) atoms. The molecule has 2 aromatic rings. The summed E-state index contributed by atoms with van der Waals surface area (Å²) in [5.74, 6) is 0.0704. The third-order valence-electron chi connectivity index (χ3n) is 4.71. The van der Waals surface area contributed by atoms with Crippen LogP contribution in [0.15, 0.2) is 48.5 Å². The van der Waals surface area contributed by atoms with Gasteiger partial charge >= 0.3 is 6.03 Å². The van der Waals surface area contributed by atoms with Crippen LogP contribution < -0.4 is 10.2 Å². The van der Waals surface area contributed by atoms with Gasteiger partial charge in [0.1, 0.15) is 0 Å². The van der Waals surface area contributed by atoms with Crippen molar-refractivity contribution in [3.8, 4) is 0 Å². The predicted molar refractivity (Wildman–Crippen MR) is 104 cm³/mol. The van der Waals surface area contributed by atoms with Crippen LogP contribution >= 0.6 is 0 Å². The maximum Gasteiger partial charge on any atom is 0.317 e. The van der Waals surface area contributed by atoms with E-state index in [1.165, 1.54) is 5.56 Å². The summed E-state index contributed by atoms with van der Waals surface area (Å²) in [7, 11) is 0. The molecule has 2 aromatic carbocycles. The molecule has 1 aliphatic heterocycles. The van der Waals surface area contributed by atoms with Crippen molar-refractivity contribution < 1.29 is 9.59 Å². The first-order chi connectivity index (χ1) is 12.5. The van der Waals surface area contributed by atoms with Gasteiger partial charge < -0.3 is 15.1 Å². The minimum Gasteiger partial charge on any atom is -0.368 e. The Kier molecular flexibility index (Phi) is 5.56. The molecule has 5 nitrogen and oxygen atoms in total. The van der Waals surface area contributed by atoms with Gasteiger partial charge in [0.05, 0.1) is 0 Å². The number of piperazine rings is 1. The number of aryl methyl sites for hydroxylation is 1. The molecule has 1 aliphatic rings. The van der Waals surface area contributed by atoms with Crippen molar-refractivity contribution >= 4 is 17.5 Å². The zero-order valence-electron chi connectivity index (χ0n) is 15.4. The maximum absolute atomic E-state index is 12.4. The van der Waals surface area contributed by atoms with E-state index in [-0.39, 0.29) is 11.8 Å². The topological polar surface area (TPSA) is 52.7 Å². The average molecular weight is 351 g/mol. The number of hydrogen-bond acceptors (Lipinski definition) is 3. The van der Waals surface area contributed by atoms with Crippen molar-refractivity contribution in [3.63, 3.8) is 0 Å². The van der Waals surface area contributed by atoms with Gasteiger partial charge in [-0.25, -0.2) is 4.79 Å². The first kappa shape index (κ1) is 18.0. The summed E-state index contributed by atoms with van der Waals surface area (Å²) < 4.78 is 0.